The largest absolute Gasteiger partial charge is 0.450 e. The summed E-state index contributed by atoms with van der Waals surface area (Å²) in [6.07, 6.45) is 1.18. The number of hydrogen-bond donors (Lipinski definition) is 0. The lowest BCUT2D eigenvalue weighted by Gasteiger charge is -2.28. The third-order valence-electron chi connectivity index (χ3n) is 2.21. The summed E-state index contributed by atoms with van der Waals surface area (Å²) in [6, 6.07) is 0.0330. The minimum atomic E-state index is -0.271. The number of rotatable bonds is 2. The van der Waals surface area contributed by atoms with Crippen molar-refractivity contribution in [2.24, 2.45) is 5.11 Å². The van der Waals surface area contributed by atoms with Crippen molar-refractivity contribution in [1.82, 2.24) is 4.90 Å². The number of hydrogen-bond acceptors (Lipinski definition) is 3. The van der Waals surface area contributed by atoms with Gasteiger partial charge in [0.2, 0.25) is 0 Å². The molecule has 6 nitrogen and oxygen atoms in total. The molecule has 0 aliphatic carbocycles. The monoisotopic (exact) mass is 198 g/mol. The molecule has 0 N–H and O–H groups in total. The molecule has 1 aliphatic heterocycles. The van der Waals surface area contributed by atoms with Crippen LogP contribution in [0.15, 0.2) is 5.11 Å². The van der Waals surface area contributed by atoms with Gasteiger partial charge in [-0.3, -0.25) is 0 Å². The second-order valence-electron chi connectivity index (χ2n) is 3.12. The molecule has 0 spiro atoms. The van der Waals surface area contributed by atoms with Crippen LogP contribution in [0, 0.1) is 0 Å². The van der Waals surface area contributed by atoms with Gasteiger partial charge in [-0.25, -0.2) is 4.79 Å². The van der Waals surface area contributed by atoms with Crippen molar-refractivity contribution in [2.75, 3.05) is 19.7 Å². The third-order valence-corrected chi connectivity index (χ3v) is 2.21. The maximum Gasteiger partial charge on any atom is 0.409 e. The fraction of sp³-hybridized carbons (Fsp3) is 0.875. The summed E-state index contributed by atoms with van der Waals surface area (Å²) >= 11 is 0. The van der Waals surface area contributed by atoms with Crippen LogP contribution in [-0.4, -0.2) is 36.7 Å². The maximum absolute atomic E-state index is 11.3. The van der Waals surface area contributed by atoms with E-state index in [4.69, 9.17) is 10.3 Å². The van der Waals surface area contributed by atoms with Crippen molar-refractivity contribution in [3.8, 4) is 0 Å². The Bertz CT molecular complexity index is 242. The van der Waals surface area contributed by atoms with Gasteiger partial charge in [0.25, 0.3) is 0 Å². The summed E-state index contributed by atoms with van der Waals surface area (Å²) in [5.41, 5.74) is 8.23. The number of carbonyl (C=O) groups is 1. The quantitative estimate of drug-likeness (QED) is 0.386. The Morgan fingerprint density at radius 3 is 2.79 bits per heavy atom. The third kappa shape index (κ3) is 2.81. The molecule has 1 fully saturated rings. The molecule has 0 aromatic carbocycles. The van der Waals surface area contributed by atoms with Crippen LogP contribution < -0.4 is 0 Å². The predicted octanol–water partition coefficient (Wildman–Crippen LogP) is 1.92. The van der Waals surface area contributed by atoms with E-state index in [9.17, 15) is 4.79 Å². The van der Waals surface area contributed by atoms with Crippen LogP contribution in [0.3, 0.4) is 0 Å². The highest BCUT2D eigenvalue weighted by Gasteiger charge is 2.22. The predicted molar refractivity (Wildman–Crippen MR) is 50.8 cm³/mol. The van der Waals surface area contributed by atoms with Gasteiger partial charge in [-0.1, -0.05) is 5.11 Å². The number of likely N-dealkylation sites (tertiary alicyclic amines) is 1. The number of nitrogens with zero attached hydrogens (tertiary/aromatic N) is 4. The summed E-state index contributed by atoms with van der Waals surface area (Å²) in [5, 5.41) is 3.63. The van der Waals surface area contributed by atoms with Crippen LogP contribution in [0.1, 0.15) is 19.8 Å². The molecule has 14 heavy (non-hydrogen) atoms. The molecule has 0 bridgehead atoms. The standard InChI is InChI=1S/C8H14N4O2/c1-2-14-8(13)12-5-3-7(4-6-12)10-11-9/h7H,2-6H2,1H3. The van der Waals surface area contributed by atoms with Crippen molar-refractivity contribution < 1.29 is 9.53 Å². The molecular weight excluding hydrogens is 184 g/mol. The maximum atomic E-state index is 11.3. The summed E-state index contributed by atoms with van der Waals surface area (Å²) in [6.45, 7) is 3.41. The first kappa shape index (κ1) is 10.7. The van der Waals surface area contributed by atoms with E-state index in [0.717, 1.165) is 12.8 Å². The fourth-order valence-electron chi connectivity index (χ4n) is 1.45. The van der Waals surface area contributed by atoms with Gasteiger partial charge < -0.3 is 9.64 Å². The summed E-state index contributed by atoms with van der Waals surface area (Å²) in [5.74, 6) is 0. The molecule has 0 radical (unpaired) electrons. The zero-order valence-corrected chi connectivity index (χ0v) is 8.22. The number of amides is 1. The van der Waals surface area contributed by atoms with Crippen LogP contribution in [-0.2, 0) is 4.74 Å². The number of ether oxygens (including phenoxy) is 1. The molecule has 0 unspecified atom stereocenters. The van der Waals surface area contributed by atoms with E-state index in [1.165, 1.54) is 0 Å². The van der Waals surface area contributed by atoms with Crippen molar-refractivity contribution in [1.29, 1.82) is 0 Å². The van der Waals surface area contributed by atoms with E-state index in [1.807, 2.05) is 0 Å². The summed E-state index contributed by atoms with van der Waals surface area (Å²) in [7, 11) is 0. The first-order valence-corrected chi connectivity index (χ1v) is 4.73. The van der Waals surface area contributed by atoms with Crippen molar-refractivity contribution in [3.05, 3.63) is 10.4 Å². The molecule has 0 atom stereocenters. The van der Waals surface area contributed by atoms with E-state index >= 15 is 0 Å². The SMILES string of the molecule is CCOC(=O)N1CCC(N=[N+]=[N-])CC1. The van der Waals surface area contributed by atoms with E-state index in [1.54, 1.807) is 11.8 Å². The molecule has 1 saturated heterocycles. The van der Waals surface area contributed by atoms with E-state index in [0.29, 0.717) is 19.7 Å². The molecule has 78 valence electrons. The van der Waals surface area contributed by atoms with Gasteiger partial charge in [0.1, 0.15) is 0 Å². The normalized spacial score (nSPS) is 17.4. The van der Waals surface area contributed by atoms with Gasteiger partial charge in [0.15, 0.2) is 0 Å². The first-order chi connectivity index (χ1) is 6.77. The van der Waals surface area contributed by atoms with Crippen LogP contribution >= 0.6 is 0 Å². The Balaban J connectivity index is 2.35. The van der Waals surface area contributed by atoms with Gasteiger partial charge >= 0.3 is 6.09 Å². The minimum Gasteiger partial charge on any atom is -0.450 e. The van der Waals surface area contributed by atoms with Crippen molar-refractivity contribution >= 4 is 6.09 Å². The van der Waals surface area contributed by atoms with Gasteiger partial charge in [0.05, 0.1) is 6.61 Å². The van der Waals surface area contributed by atoms with Crippen LogP contribution in [0.4, 0.5) is 4.79 Å². The lowest BCUT2D eigenvalue weighted by atomic mass is 10.1. The highest BCUT2D eigenvalue weighted by Crippen LogP contribution is 2.14. The topological polar surface area (TPSA) is 78.3 Å². The molecule has 6 heteroatoms. The fourth-order valence-corrected chi connectivity index (χ4v) is 1.45. The molecule has 0 aromatic heterocycles. The van der Waals surface area contributed by atoms with Gasteiger partial charge in [-0.15, -0.1) is 0 Å². The second kappa shape index (κ2) is 5.34. The molecular formula is C8H14N4O2. The summed E-state index contributed by atoms with van der Waals surface area (Å²) in [4.78, 5) is 15.7. The first-order valence-electron chi connectivity index (χ1n) is 4.73. The Labute approximate surface area is 82.5 Å². The van der Waals surface area contributed by atoms with E-state index in [-0.39, 0.29) is 12.1 Å². The highest BCUT2D eigenvalue weighted by atomic mass is 16.6. The Morgan fingerprint density at radius 2 is 2.29 bits per heavy atom. The van der Waals surface area contributed by atoms with E-state index < -0.39 is 0 Å². The number of carbonyl (C=O) groups excluding carboxylic acids is 1. The van der Waals surface area contributed by atoms with Crippen molar-refractivity contribution in [3.63, 3.8) is 0 Å². The van der Waals surface area contributed by atoms with E-state index in [2.05, 4.69) is 10.0 Å². The average molecular weight is 198 g/mol. The smallest absolute Gasteiger partial charge is 0.409 e. The highest BCUT2D eigenvalue weighted by molar-refractivity contribution is 5.67. The Kier molecular flexibility index (Phi) is 4.07. The molecule has 0 saturated carbocycles. The zero-order chi connectivity index (χ0) is 10.4. The zero-order valence-electron chi connectivity index (χ0n) is 8.22. The number of azide groups is 1. The van der Waals surface area contributed by atoms with Gasteiger partial charge in [-0.05, 0) is 25.3 Å². The molecule has 1 aliphatic rings. The lowest BCUT2D eigenvalue weighted by molar-refractivity contribution is 0.0974. The number of piperidine rings is 1. The molecule has 1 heterocycles. The second-order valence-corrected chi connectivity index (χ2v) is 3.12. The Morgan fingerprint density at radius 1 is 1.64 bits per heavy atom. The van der Waals surface area contributed by atoms with Gasteiger partial charge in [0, 0.05) is 24.0 Å². The minimum absolute atomic E-state index is 0.0330. The van der Waals surface area contributed by atoms with Crippen LogP contribution in [0.2, 0.25) is 0 Å². The van der Waals surface area contributed by atoms with Crippen molar-refractivity contribution in [2.45, 2.75) is 25.8 Å². The average Bonchev–Trinajstić information content (AvgIpc) is 2.20. The molecule has 1 rings (SSSR count). The summed E-state index contributed by atoms with van der Waals surface area (Å²) < 4.78 is 4.86. The van der Waals surface area contributed by atoms with Crippen LogP contribution in [0.25, 0.3) is 10.4 Å². The molecule has 0 aromatic rings. The molecule has 1 amide bonds. The van der Waals surface area contributed by atoms with Crippen LogP contribution in [0.5, 0.6) is 0 Å². The Hall–Kier alpha value is -1.42. The lowest BCUT2D eigenvalue weighted by Crippen LogP contribution is -2.39. The van der Waals surface area contributed by atoms with Gasteiger partial charge in [-0.2, -0.15) is 0 Å².